The van der Waals surface area contributed by atoms with E-state index in [1.807, 2.05) is 38.1 Å². The molecule has 5 rings (SSSR count). The Hall–Kier alpha value is -5.05. The van der Waals surface area contributed by atoms with Gasteiger partial charge in [-0.05, 0) is 61.4 Å². The summed E-state index contributed by atoms with van der Waals surface area (Å²) in [7, 11) is 0. The minimum absolute atomic E-state index is 0.0699. The van der Waals surface area contributed by atoms with Gasteiger partial charge in [-0.1, -0.05) is 30.3 Å². The highest BCUT2D eigenvalue weighted by Gasteiger charge is 2.18. The molecule has 0 unspecified atom stereocenters. The first kappa shape index (κ1) is 24.6. The van der Waals surface area contributed by atoms with Crippen molar-refractivity contribution in [3.8, 4) is 17.1 Å². The Morgan fingerprint density at radius 3 is 2.32 bits per heavy atom. The molecule has 9 nitrogen and oxygen atoms in total. The first-order chi connectivity index (χ1) is 18.3. The largest absolute Gasteiger partial charge is 0.484 e. The number of nitrogens with zero attached hydrogens (tertiary/aromatic N) is 2. The molecule has 0 saturated carbocycles. The zero-order valence-corrected chi connectivity index (χ0v) is 21.0. The minimum atomic E-state index is -0.642. The standard InChI is InChI=1S/C29H24N4O5/c1-16-7-6-8-17(2)25(16)31-23(35)15-37-20-13-11-19(12-14-20)27-32-26-21-9-4-5-10-22(21)38-29(36)24(26)28(33-27)30-18(3)34/h4-14H,15H2,1-3H3,(H,31,35)(H,30,32,33,34). The molecule has 0 spiro atoms. The fraction of sp³-hybridized carbons (Fsp3) is 0.138. The maximum Gasteiger partial charge on any atom is 0.349 e. The molecular weight excluding hydrogens is 484 g/mol. The second-order valence-corrected chi connectivity index (χ2v) is 8.81. The Morgan fingerprint density at radius 2 is 1.61 bits per heavy atom. The van der Waals surface area contributed by atoms with Crippen LogP contribution < -0.4 is 21.0 Å². The van der Waals surface area contributed by atoms with Gasteiger partial charge in [-0.3, -0.25) is 9.59 Å². The molecule has 190 valence electrons. The number of fused-ring (bicyclic) bond motifs is 3. The van der Waals surface area contributed by atoms with Crippen LogP contribution >= 0.6 is 0 Å². The van der Waals surface area contributed by atoms with Crippen LogP contribution in [0.1, 0.15) is 18.1 Å². The molecule has 0 aliphatic rings. The highest BCUT2D eigenvalue weighted by Crippen LogP contribution is 2.29. The van der Waals surface area contributed by atoms with E-state index in [4.69, 9.17) is 9.15 Å². The normalized spacial score (nSPS) is 10.9. The molecule has 2 amide bonds. The zero-order valence-electron chi connectivity index (χ0n) is 21.0. The van der Waals surface area contributed by atoms with Crippen LogP contribution in [-0.2, 0) is 9.59 Å². The number of carbonyl (C=O) groups excluding carboxylic acids is 2. The number of nitrogens with one attached hydrogen (secondary N) is 2. The van der Waals surface area contributed by atoms with Gasteiger partial charge < -0.3 is 19.8 Å². The molecule has 38 heavy (non-hydrogen) atoms. The van der Waals surface area contributed by atoms with Crippen molar-refractivity contribution in [3.63, 3.8) is 0 Å². The molecule has 0 aliphatic heterocycles. The molecule has 9 heteroatoms. The lowest BCUT2D eigenvalue weighted by Gasteiger charge is -2.12. The summed E-state index contributed by atoms with van der Waals surface area (Å²) in [6.45, 7) is 5.04. The molecular formula is C29H24N4O5. The van der Waals surface area contributed by atoms with Crippen molar-refractivity contribution >= 4 is 45.2 Å². The van der Waals surface area contributed by atoms with E-state index < -0.39 is 5.63 Å². The number of hydrogen-bond acceptors (Lipinski definition) is 7. The number of hydrogen-bond donors (Lipinski definition) is 2. The van der Waals surface area contributed by atoms with Crippen molar-refractivity contribution < 1.29 is 18.7 Å². The summed E-state index contributed by atoms with van der Waals surface area (Å²) in [5.74, 6) is 0.206. The number of ether oxygens (including phenoxy) is 1. The first-order valence-corrected chi connectivity index (χ1v) is 11.9. The molecule has 0 radical (unpaired) electrons. The summed E-state index contributed by atoms with van der Waals surface area (Å²) in [4.78, 5) is 46.1. The smallest absolute Gasteiger partial charge is 0.349 e. The second-order valence-electron chi connectivity index (χ2n) is 8.81. The third kappa shape index (κ3) is 4.94. The third-order valence-electron chi connectivity index (χ3n) is 5.98. The molecule has 0 atom stereocenters. The fourth-order valence-corrected chi connectivity index (χ4v) is 4.17. The van der Waals surface area contributed by atoms with E-state index in [9.17, 15) is 14.4 Å². The van der Waals surface area contributed by atoms with Gasteiger partial charge in [0, 0.05) is 23.6 Å². The second kappa shape index (κ2) is 10.1. The van der Waals surface area contributed by atoms with Crippen LogP contribution in [0.2, 0.25) is 0 Å². The lowest BCUT2D eigenvalue weighted by atomic mass is 10.1. The summed E-state index contributed by atoms with van der Waals surface area (Å²) in [5.41, 5.74) is 3.46. The summed E-state index contributed by atoms with van der Waals surface area (Å²) < 4.78 is 11.1. The lowest BCUT2D eigenvalue weighted by molar-refractivity contribution is -0.118. The van der Waals surface area contributed by atoms with Crippen LogP contribution in [0.25, 0.3) is 33.3 Å². The number of benzene rings is 3. The van der Waals surface area contributed by atoms with E-state index in [-0.39, 0.29) is 29.6 Å². The van der Waals surface area contributed by atoms with Gasteiger partial charge in [0.1, 0.15) is 16.7 Å². The first-order valence-electron chi connectivity index (χ1n) is 11.9. The van der Waals surface area contributed by atoms with Gasteiger partial charge in [0.05, 0.1) is 5.52 Å². The summed E-state index contributed by atoms with van der Waals surface area (Å²) in [6.07, 6.45) is 0. The van der Waals surface area contributed by atoms with E-state index in [1.54, 1.807) is 42.5 Å². The molecule has 0 aliphatic carbocycles. The van der Waals surface area contributed by atoms with Crippen molar-refractivity contribution in [2.75, 3.05) is 17.2 Å². The van der Waals surface area contributed by atoms with Gasteiger partial charge in [0.25, 0.3) is 5.91 Å². The van der Waals surface area contributed by atoms with E-state index in [2.05, 4.69) is 20.6 Å². The van der Waals surface area contributed by atoms with Crippen molar-refractivity contribution in [3.05, 3.63) is 88.3 Å². The SMILES string of the molecule is CC(=O)Nc1nc(-c2ccc(OCC(=O)Nc3c(C)cccc3C)cc2)nc2c1c(=O)oc1ccccc12. The zero-order chi connectivity index (χ0) is 26.8. The van der Waals surface area contributed by atoms with Crippen molar-refractivity contribution in [1.29, 1.82) is 0 Å². The lowest BCUT2D eigenvalue weighted by Crippen LogP contribution is -2.21. The Balaban J connectivity index is 1.42. The molecule has 2 heterocycles. The molecule has 0 bridgehead atoms. The number of amides is 2. The van der Waals surface area contributed by atoms with Crippen LogP contribution in [0.3, 0.4) is 0 Å². The number of aromatic nitrogens is 2. The minimum Gasteiger partial charge on any atom is -0.484 e. The van der Waals surface area contributed by atoms with Gasteiger partial charge in [-0.25, -0.2) is 14.8 Å². The van der Waals surface area contributed by atoms with Crippen LogP contribution in [-0.4, -0.2) is 28.4 Å². The Morgan fingerprint density at radius 1 is 0.895 bits per heavy atom. The number of aryl methyl sites for hydroxylation is 2. The summed E-state index contributed by atoms with van der Waals surface area (Å²) >= 11 is 0. The molecule has 3 aromatic carbocycles. The number of anilines is 2. The number of para-hydroxylation sites is 2. The molecule has 2 aromatic heterocycles. The number of rotatable bonds is 6. The highest BCUT2D eigenvalue weighted by atomic mass is 16.5. The predicted octanol–water partition coefficient (Wildman–Crippen LogP) is 5.00. The molecule has 0 fully saturated rings. The maximum atomic E-state index is 12.7. The topological polar surface area (TPSA) is 123 Å². The Kier molecular flexibility index (Phi) is 6.57. The summed E-state index contributed by atoms with van der Waals surface area (Å²) in [6, 6.07) is 19.7. The molecule has 0 saturated heterocycles. The van der Waals surface area contributed by atoms with E-state index in [1.165, 1.54) is 6.92 Å². The van der Waals surface area contributed by atoms with Gasteiger partial charge in [-0.15, -0.1) is 0 Å². The Bertz CT molecular complexity index is 1740. The molecule has 5 aromatic rings. The Labute approximate surface area is 217 Å². The maximum absolute atomic E-state index is 12.7. The number of carbonyl (C=O) groups is 2. The van der Waals surface area contributed by atoms with Gasteiger partial charge in [0.2, 0.25) is 5.91 Å². The highest BCUT2D eigenvalue weighted by molar-refractivity contribution is 6.08. The van der Waals surface area contributed by atoms with E-state index in [0.717, 1.165) is 16.8 Å². The van der Waals surface area contributed by atoms with Gasteiger partial charge in [-0.2, -0.15) is 0 Å². The molecule has 2 N–H and O–H groups in total. The fourth-order valence-electron chi connectivity index (χ4n) is 4.17. The van der Waals surface area contributed by atoms with Crippen LogP contribution in [0.5, 0.6) is 5.75 Å². The van der Waals surface area contributed by atoms with Crippen LogP contribution in [0.15, 0.2) is 75.9 Å². The van der Waals surface area contributed by atoms with Crippen LogP contribution in [0.4, 0.5) is 11.5 Å². The van der Waals surface area contributed by atoms with Crippen molar-refractivity contribution in [1.82, 2.24) is 9.97 Å². The monoisotopic (exact) mass is 508 g/mol. The average molecular weight is 509 g/mol. The van der Waals surface area contributed by atoms with Crippen molar-refractivity contribution in [2.45, 2.75) is 20.8 Å². The van der Waals surface area contributed by atoms with Gasteiger partial charge in [0.15, 0.2) is 18.2 Å². The summed E-state index contributed by atoms with van der Waals surface area (Å²) in [5, 5.41) is 6.22. The van der Waals surface area contributed by atoms with E-state index in [0.29, 0.717) is 33.6 Å². The average Bonchev–Trinajstić information content (AvgIpc) is 2.89. The predicted molar refractivity (Wildman–Crippen MR) is 145 cm³/mol. The van der Waals surface area contributed by atoms with Crippen molar-refractivity contribution in [2.24, 2.45) is 0 Å². The van der Waals surface area contributed by atoms with E-state index >= 15 is 0 Å². The third-order valence-corrected chi connectivity index (χ3v) is 5.98. The van der Waals surface area contributed by atoms with Gasteiger partial charge >= 0.3 is 5.63 Å². The van der Waals surface area contributed by atoms with Crippen LogP contribution in [0, 0.1) is 13.8 Å². The quantitative estimate of drug-likeness (QED) is 0.244.